The SMILES string of the molecule is C=CC(=O)Nc1cc(-c2c(-c3cccc(C)c3)[nH]c3nccc(Cl)c23)ccc1C. The van der Waals surface area contributed by atoms with Crippen molar-refractivity contribution in [1.29, 1.82) is 0 Å². The molecule has 0 saturated carbocycles. The molecule has 2 heterocycles. The second kappa shape index (κ2) is 7.57. The summed E-state index contributed by atoms with van der Waals surface area (Å²) >= 11 is 6.58. The number of nitrogens with one attached hydrogen (secondary N) is 2. The molecule has 0 bridgehead atoms. The number of aryl methyl sites for hydroxylation is 2. The zero-order chi connectivity index (χ0) is 20.5. The van der Waals surface area contributed by atoms with Crippen molar-refractivity contribution in [3.05, 3.63) is 83.5 Å². The number of nitrogens with zero attached hydrogens (tertiary/aromatic N) is 1. The number of H-pyrrole nitrogens is 1. The maximum absolute atomic E-state index is 11.9. The Kier molecular flexibility index (Phi) is 4.95. The van der Waals surface area contributed by atoms with E-state index in [0.717, 1.165) is 50.2 Å². The number of hydrogen-bond donors (Lipinski definition) is 2. The number of fused-ring (bicyclic) bond motifs is 1. The molecule has 29 heavy (non-hydrogen) atoms. The predicted molar refractivity (Wildman–Crippen MR) is 120 cm³/mol. The smallest absolute Gasteiger partial charge is 0.247 e. The van der Waals surface area contributed by atoms with E-state index in [0.29, 0.717) is 5.02 Å². The Morgan fingerprint density at radius 1 is 1.14 bits per heavy atom. The van der Waals surface area contributed by atoms with E-state index in [2.05, 4.69) is 47.0 Å². The van der Waals surface area contributed by atoms with Gasteiger partial charge in [0, 0.05) is 22.8 Å². The first-order valence-corrected chi connectivity index (χ1v) is 9.63. The van der Waals surface area contributed by atoms with Gasteiger partial charge in [0.25, 0.3) is 0 Å². The number of carbonyl (C=O) groups is 1. The van der Waals surface area contributed by atoms with E-state index < -0.39 is 0 Å². The molecule has 0 aliphatic heterocycles. The van der Waals surface area contributed by atoms with Crippen molar-refractivity contribution in [3.63, 3.8) is 0 Å². The van der Waals surface area contributed by atoms with Crippen LogP contribution in [0.1, 0.15) is 11.1 Å². The maximum atomic E-state index is 11.9. The summed E-state index contributed by atoms with van der Waals surface area (Å²) in [5.41, 5.74) is 7.46. The normalized spacial score (nSPS) is 10.9. The van der Waals surface area contributed by atoms with Gasteiger partial charge >= 0.3 is 0 Å². The van der Waals surface area contributed by atoms with Gasteiger partial charge in [0.2, 0.25) is 5.91 Å². The Balaban J connectivity index is 2.00. The summed E-state index contributed by atoms with van der Waals surface area (Å²) in [5.74, 6) is -0.247. The molecule has 0 aliphatic rings. The van der Waals surface area contributed by atoms with Gasteiger partial charge in [0.05, 0.1) is 10.7 Å². The number of aromatic amines is 1. The first-order valence-electron chi connectivity index (χ1n) is 9.25. The molecular formula is C24H20ClN3O. The molecular weight excluding hydrogens is 382 g/mol. The monoisotopic (exact) mass is 401 g/mol. The predicted octanol–water partition coefficient (Wildman–Crippen LogP) is 6.29. The molecule has 5 heteroatoms. The highest BCUT2D eigenvalue weighted by Crippen LogP contribution is 2.41. The molecule has 4 rings (SSSR count). The maximum Gasteiger partial charge on any atom is 0.247 e. The van der Waals surface area contributed by atoms with Gasteiger partial charge in [-0.2, -0.15) is 0 Å². The zero-order valence-corrected chi connectivity index (χ0v) is 17.0. The average molecular weight is 402 g/mol. The van der Waals surface area contributed by atoms with Crippen LogP contribution >= 0.6 is 11.6 Å². The number of benzene rings is 2. The summed E-state index contributed by atoms with van der Waals surface area (Å²) in [4.78, 5) is 19.8. The number of halogens is 1. The van der Waals surface area contributed by atoms with Crippen molar-refractivity contribution < 1.29 is 4.79 Å². The first-order chi connectivity index (χ1) is 14.0. The molecule has 0 atom stereocenters. The number of hydrogen-bond acceptors (Lipinski definition) is 2. The lowest BCUT2D eigenvalue weighted by molar-refractivity contribution is -0.111. The summed E-state index contributed by atoms with van der Waals surface area (Å²) in [7, 11) is 0. The quantitative estimate of drug-likeness (QED) is 0.394. The fourth-order valence-electron chi connectivity index (χ4n) is 3.48. The van der Waals surface area contributed by atoms with Gasteiger partial charge in [0.15, 0.2) is 0 Å². The van der Waals surface area contributed by atoms with E-state index >= 15 is 0 Å². The van der Waals surface area contributed by atoms with E-state index in [1.54, 1.807) is 12.3 Å². The molecule has 4 nitrogen and oxygen atoms in total. The van der Waals surface area contributed by atoms with Gasteiger partial charge in [-0.05, 0) is 54.8 Å². The highest BCUT2D eigenvalue weighted by atomic mass is 35.5. The van der Waals surface area contributed by atoms with Crippen LogP contribution in [0.15, 0.2) is 67.4 Å². The van der Waals surface area contributed by atoms with E-state index in [9.17, 15) is 4.79 Å². The van der Waals surface area contributed by atoms with E-state index in [-0.39, 0.29) is 5.91 Å². The number of amides is 1. The Hall–Kier alpha value is -3.37. The lowest BCUT2D eigenvalue weighted by Gasteiger charge is -2.12. The minimum Gasteiger partial charge on any atom is -0.339 e. The van der Waals surface area contributed by atoms with Crippen LogP contribution < -0.4 is 5.32 Å². The molecule has 0 unspecified atom stereocenters. The molecule has 1 amide bonds. The zero-order valence-electron chi connectivity index (χ0n) is 16.2. The standard InChI is InChI=1S/C24H20ClN3O/c1-4-20(29)27-19-13-16(9-8-15(19)3)21-22-18(25)10-11-26-24(22)28-23(21)17-7-5-6-14(2)12-17/h4-13H,1H2,2-3H3,(H,26,28)(H,27,29). The molecule has 0 fully saturated rings. The highest BCUT2D eigenvalue weighted by Gasteiger charge is 2.19. The van der Waals surface area contributed by atoms with Crippen LogP contribution in [0.2, 0.25) is 5.02 Å². The summed E-state index contributed by atoms with van der Waals surface area (Å²) in [5, 5.41) is 4.36. The van der Waals surface area contributed by atoms with Crippen LogP contribution in [0.4, 0.5) is 5.69 Å². The number of rotatable bonds is 4. The lowest BCUT2D eigenvalue weighted by Crippen LogP contribution is -2.08. The third-order valence-electron chi connectivity index (χ3n) is 4.92. The average Bonchev–Trinajstić information content (AvgIpc) is 3.10. The van der Waals surface area contributed by atoms with Gasteiger partial charge < -0.3 is 10.3 Å². The molecule has 144 valence electrons. The Morgan fingerprint density at radius 3 is 2.72 bits per heavy atom. The molecule has 2 aromatic heterocycles. The van der Waals surface area contributed by atoms with Gasteiger partial charge in [-0.25, -0.2) is 4.98 Å². The Morgan fingerprint density at radius 2 is 1.97 bits per heavy atom. The van der Waals surface area contributed by atoms with Crippen molar-refractivity contribution in [2.75, 3.05) is 5.32 Å². The van der Waals surface area contributed by atoms with Gasteiger partial charge in [-0.1, -0.05) is 54.1 Å². The third kappa shape index (κ3) is 3.55. The van der Waals surface area contributed by atoms with Crippen LogP contribution in [0.25, 0.3) is 33.4 Å². The van der Waals surface area contributed by atoms with E-state index in [1.165, 1.54) is 6.08 Å². The van der Waals surface area contributed by atoms with Crippen LogP contribution in [0.3, 0.4) is 0 Å². The Labute approximate surface area is 174 Å². The molecule has 0 spiro atoms. The molecule has 4 aromatic rings. The van der Waals surface area contributed by atoms with Crippen molar-refractivity contribution in [2.24, 2.45) is 0 Å². The minimum atomic E-state index is -0.247. The van der Waals surface area contributed by atoms with Gasteiger partial charge in [0.1, 0.15) is 5.65 Å². The van der Waals surface area contributed by atoms with Crippen molar-refractivity contribution in [2.45, 2.75) is 13.8 Å². The van der Waals surface area contributed by atoms with Crippen molar-refractivity contribution in [3.8, 4) is 22.4 Å². The topological polar surface area (TPSA) is 57.8 Å². The lowest BCUT2D eigenvalue weighted by atomic mass is 9.96. The van der Waals surface area contributed by atoms with Crippen LogP contribution in [-0.4, -0.2) is 15.9 Å². The van der Waals surface area contributed by atoms with Crippen LogP contribution in [-0.2, 0) is 4.79 Å². The number of carbonyl (C=O) groups excluding carboxylic acids is 1. The summed E-state index contributed by atoms with van der Waals surface area (Å²) < 4.78 is 0. The molecule has 2 aromatic carbocycles. The van der Waals surface area contributed by atoms with Crippen LogP contribution in [0.5, 0.6) is 0 Å². The highest BCUT2D eigenvalue weighted by molar-refractivity contribution is 6.36. The third-order valence-corrected chi connectivity index (χ3v) is 5.23. The molecule has 2 N–H and O–H groups in total. The van der Waals surface area contributed by atoms with Gasteiger partial charge in [-0.3, -0.25) is 4.79 Å². The van der Waals surface area contributed by atoms with Crippen LogP contribution in [0, 0.1) is 13.8 Å². The van der Waals surface area contributed by atoms with Gasteiger partial charge in [-0.15, -0.1) is 0 Å². The van der Waals surface area contributed by atoms with Crippen molar-refractivity contribution in [1.82, 2.24) is 9.97 Å². The van der Waals surface area contributed by atoms with E-state index in [1.807, 2.05) is 31.2 Å². The fraction of sp³-hybridized carbons (Fsp3) is 0.0833. The second-order valence-corrected chi connectivity index (χ2v) is 7.39. The minimum absolute atomic E-state index is 0.247. The molecule has 0 aliphatic carbocycles. The number of aromatic nitrogens is 2. The van der Waals surface area contributed by atoms with Crippen molar-refractivity contribution >= 4 is 34.2 Å². The first kappa shape index (κ1) is 19.0. The molecule has 0 radical (unpaired) electrons. The second-order valence-electron chi connectivity index (χ2n) is 6.98. The summed E-state index contributed by atoms with van der Waals surface area (Å²) in [6, 6.07) is 16.0. The Bertz CT molecular complexity index is 1260. The largest absolute Gasteiger partial charge is 0.339 e. The summed E-state index contributed by atoms with van der Waals surface area (Å²) in [6.07, 6.45) is 2.95. The summed E-state index contributed by atoms with van der Waals surface area (Å²) in [6.45, 7) is 7.54. The van der Waals surface area contributed by atoms with E-state index in [4.69, 9.17) is 11.6 Å². The number of anilines is 1. The number of pyridine rings is 1. The molecule has 0 saturated heterocycles. The fourth-order valence-corrected chi connectivity index (χ4v) is 3.72.